The lowest BCUT2D eigenvalue weighted by Gasteiger charge is -2.18. The van der Waals surface area contributed by atoms with Gasteiger partial charge in [0.05, 0.1) is 5.75 Å². The van der Waals surface area contributed by atoms with Gasteiger partial charge in [0, 0.05) is 24.8 Å². The lowest BCUT2D eigenvalue weighted by Crippen LogP contribution is -2.31. The molecule has 7 heteroatoms. The lowest BCUT2D eigenvalue weighted by atomic mass is 10.0. The number of sulfone groups is 1. The summed E-state index contributed by atoms with van der Waals surface area (Å²) >= 11 is 0. The Morgan fingerprint density at radius 3 is 2.60 bits per heavy atom. The molecular formula is C13H21N3O3S. The zero-order valence-electron chi connectivity index (χ0n) is 11.5. The van der Waals surface area contributed by atoms with Crippen LogP contribution < -0.4 is 11.1 Å². The lowest BCUT2D eigenvalue weighted by molar-refractivity contribution is 0.315. The molecule has 0 spiro atoms. The summed E-state index contributed by atoms with van der Waals surface area (Å²) in [6.07, 6.45) is 0.312. The van der Waals surface area contributed by atoms with Gasteiger partial charge in [-0.15, -0.1) is 0 Å². The van der Waals surface area contributed by atoms with Crippen molar-refractivity contribution in [2.45, 2.75) is 19.4 Å². The van der Waals surface area contributed by atoms with Crippen LogP contribution in [0.4, 0.5) is 0 Å². The van der Waals surface area contributed by atoms with Crippen molar-refractivity contribution in [3.05, 3.63) is 35.9 Å². The first-order chi connectivity index (χ1) is 9.48. The highest BCUT2D eigenvalue weighted by atomic mass is 32.2. The Morgan fingerprint density at radius 2 is 2.05 bits per heavy atom. The Hall–Kier alpha value is -1.60. The van der Waals surface area contributed by atoms with E-state index in [0.29, 0.717) is 13.0 Å². The molecule has 0 fully saturated rings. The molecule has 0 saturated carbocycles. The number of hydrogen-bond donors (Lipinski definition) is 3. The number of nitrogens with two attached hydrogens (primary N) is 1. The van der Waals surface area contributed by atoms with Gasteiger partial charge in [0.1, 0.15) is 5.84 Å². The number of hydrogen-bond acceptors (Lipinski definition) is 5. The van der Waals surface area contributed by atoms with Crippen molar-refractivity contribution in [3.8, 4) is 0 Å². The molecule has 1 aromatic carbocycles. The van der Waals surface area contributed by atoms with E-state index in [9.17, 15) is 8.42 Å². The van der Waals surface area contributed by atoms with E-state index in [1.54, 1.807) is 6.92 Å². The van der Waals surface area contributed by atoms with Gasteiger partial charge in [-0.3, -0.25) is 0 Å². The fraction of sp³-hybridized carbons (Fsp3) is 0.462. The smallest absolute Gasteiger partial charge is 0.151 e. The maximum atomic E-state index is 11.5. The molecule has 1 unspecified atom stereocenters. The number of rotatable bonds is 8. The Kier molecular flexibility index (Phi) is 6.47. The highest BCUT2D eigenvalue weighted by molar-refractivity contribution is 7.91. The normalized spacial score (nSPS) is 14.2. The van der Waals surface area contributed by atoms with Gasteiger partial charge >= 0.3 is 0 Å². The first-order valence-corrected chi connectivity index (χ1v) is 8.25. The number of nitrogens with one attached hydrogen (secondary N) is 1. The molecule has 0 radical (unpaired) electrons. The first-order valence-electron chi connectivity index (χ1n) is 6.43. The van der Waals surface area contributed by atoms with Crippen LogP contribution in [0.1, 0.15) is 24.9 Å². The van der Waals surface area contributed by atoms with Gasteiger partial charge in [-0.05, 0) is 5.56 Å². The molecule has 4 N–H and O–H groups in total. The standard InChI is InChI=1S/C13H21N3O3S/c1-2-20(18,19)9-8-15-12(10-13(14)16-17)11-6-4-3-5-7-11/h3-7,12,15,17H,2,8-10H2,1H3,(H2,14,16). The van der Waals surface area contributed by atoms with Gasteiger partial charge in [0.2, 0.25) is 0 Å². The van der Waals surface area contributed by atoms with E-state index < -0.39 is 9.84 Å². The SMILES string of the molecule is CCS(=O)(=O)CCNC(C/C(N)=N/O)c1ccccc1. The minimum Gasteiger partial charge on any atom is -0.409 e. The molecule has 1 aromatic rings. The maximum Gasteiger partial charge on any atom is 0.151 e. The van der Waals surface area contributed by atoms with Crippen molar-refractivity contribution < 1.29 is 13.6 Å². The number of amidine groups is 1. The molecule has 0 aromatic heterocycles. The zero-order valence-corrected chi connectivity index (χ0v) is 12.3. The van der Waals surface area contributed by atoms with Crippen molar-refractivity contribution in [1.29, 1.82) is 0 Å². The largest absolute Gasteiger partial charge is 0.409 e. The molecule has 112 valence electrons. The van der Waals surface area contributed by atoms with E-state index >= 15 is 0 Å². The summed E-state index contributed by atoms with van der Waals surface area (Å²) in [6.45, 7) is 1.95. The average Bonchev–Trinajstić information content (AvgIpc) is 2.46. The molecule has 0 aliphatic carbocycles. The van der Waals surface area contributed by atoms with Gasteiger partial charge in [-0.1, -0.05) is 42.4 Å². The molecule has 0 amide bonds. The summed E-state index contributed by atoms with van der Waals surface area (Å²) in [5.41, 5.74) is 6.50. The van der Waals surface area contributed by atoms with Crippen molar-refractivity contribution in [3.63, 3.8) is 0 Å². The van der Waals surface area contributed by atoms with Gasteiger partial charge in [-0.2, -0.15) is 0 Å². The fourth-order valence-electron chi connectivity index (χ4n) is 1.78. The summed E-state index contributed by atoms with van der Waals surface area (Å²) in [5.74, 6) is 0.304. The third kappa shape index (κ3) is 5.58. The summed E-state index contributed by atoms with van der Waals surface area (Å²) in [6, 6.07) is 9.32. The van der Waals surface area contributed by atoms with E-state index in [-0.39, 0.29) is 23.4 Å². The second-order valence-electron chi connectivity index (χ2n) is 4.45. The summed E-state index contributed by atoms with van der Waals surface area (Å²) in [4.78, 5) is 0. The third-order valence-electron chi connectivity index (χ3n) is 2.99. The van der Waals surface area contributed by atoms with Crippen molar-refractivity contribution in [1.82, 2.24) is 5.32 Å². The quantitative estimate of drug-likeness (QED) is 0.286. The number of benzene rings is 1. The van der Waals surface area contributed by atoms with Crippen molar-refractivity contribution in [2.75, 3.05) is 18.1 Å². The van der Waals surface area contributed by atoms with E-state index in [4.69, 9.17) is 10.9 Å². The van der Waals surface area contributed by atoms with Crippen molar-refractivity contribution >= 4 is 15.7 Å². The first kappa shape index (κ1) is 16.5. The molecule has 0 aliphatic rings. The Morgan fingerprint density at radius 1 is 1.40 bits per heavy atom. The molecule has 1 rings (SSSR count). The summed E-state index contributed by atoms with van der Waals surface area (Å²) < 4.78 is 22.9. The maximum absolute atomic E-state index is 11.5. The van der Waals surface area contributed by atoms with Crippen LogP contribution in [0.15, 0.2) is 35.5 Å². The fourth-order valence-corrected chi connectivity index (χ4v) is 2.49. The number of nitrogens with zero attached hydrogens (tertiary/aromatic N) is 1. The van der Waals surface area contributed by atoms with Crippen LogP contribution in [-0.2, 0) is 9.84 Å². The molecule has 0 bridgehead atoms. The van der Waals surface area contributed by atoms with Crippen LogP contribution in [0.2, 0.25) is 0 Å². The molecule has 0 aliphatic heterocycles. The Balaban J connectivity index is 2.69. The van der Waals surface area contributed by atoms with Crippen LogP contribution >= 0.6 is 0 Å². The van der Waals surface area contributed by atoms with Gasteiger partial charge in [-0.25, -0.2) is 8.42 Å². The zero-order chi connectivity index (χ0) is 15.0. The van der Waals surface area contributed by atoms with Crippen molar-refractivity contribution in [2.24, 2.45) is 10.9 Å². The Bertz CT molecular complexity index is 529. The predicted molar refractivity (Wildman–Crippen MR) is 79.5 cm³/mol. The second-order valence-corrected chi connectivity index (χ2v) is 6.92. The Labute approximate surface area is 119 Å². The van der Waals surface area contributed by atoms with Crippen LogP contribution in [0, 0.1) is 0 Å². The minimum absolute atomic E-state index is 0.0724. The molecule has 20 heavy (non-hydrogen) atoms. The summed E-state index contributed by atoms with van der Waals surface area (Å²) in [7, 11) is -3.00. The van der Waals surface area contributed by atoms with Gasteiger partial charge < -0.3 is 16.3 Å². The van der Waals surface area contributed by atoms with Crippen LogP contribution in [0.3, 0.4) is 0 Å². The average molecular weight is 299 g/mol. The summed E-state index contributed by atoms with van der Waals surface area (Å²) in [5, 5.41) is 14.8. The topological polar surface area (TPSA) is 105 Å². The number of oxime groups is 1. The third-order valence-corrected chi connectivity index (χ3v) is 4.69. The van der Waals surface area contributed by atoms with E-state index in [2.05, 4.69) is 10.5 Å². The molecule has 0 saturated heterocycles. The van der Waals surface area contributed by atoms with Gasteiger partial charge in [0.25, 0.3) is 0 Å². The predicted octanol–water partition coefficient (Wildman–Crippen LogP) is 0.889. The van der Waals surface area contributed by atoms with E-state index in [1.807, 2.05) is 30.3 Å². The van der Waals surface area contributed by atoms with E-state index in [1.165, 1.54) is 0 Å². The van der Waals surface area contributed by atoms with E-state index in [0.717, 1.165) is 5.56 Å². The highest BCUT2D eigenvalue weighted by Gasteiger charge is 2.14. The molecule has 6 nitrogen and oxygen atoms in total. The second kappa shape index (κ2) is 7.86. The highest BCUT2D eigenvalue weighted by Crippen LogP contribution is 2.16. The monoisotopic (exact) mass is 299 g/mol. The minimum atomic E-state index is -3.00. The van der Waals surface area contributed by atoms with Gasteiger partial charge in [0.15, 0.2) is 9.84 Å². The molecule has 0 heterocycles. The molecular weight excluding hydrogens is 278 g/mol. The van der Waals surface area contributed by atoms with Crippen LogP contribution in [-0.4, -0.2) is 37.5 Å². The van der Waals surface area contributed by atoms with Crippen LogP contribution in [0.5, 0.6) is 0 Å². The van der Waals surface area contributed by atoms with Crippen LogP contribution in [0.25, 0.3) is 0 Å². The molecule has 1 atom stereocenters.